The van der Waals surface area contributed by atoms with Crippen molar-refractivity contribution in [1.29, 1.82) is 0 Å². The Morgan fingerprint density at radius 2 is 2.20 bits per heavy atom. The first kappa shape index (κ1) is 12.5. The molecule has 3 N–H and O–H groups in total. The molecule has 0 saturated heterocycles. The van der Waals surface area contributed by atoms with Crippen LogP contribution in [0.2, 0.25) is 0 Å². The average molecular weight is 226 g/mol. The molecule has 1 aromatic heterocycles. The molecular weight excluding hydrogens is 208 g/mol. The lowest BCUT2D eigenvalue weighted by atomic mass is 10.2. The van der Waals surface area contributed by atoms with Gasteiger partial charge in [0.15, 0.2) is 0 Å². The smallest absolute Gasteiger partial charge is 0.0962 e. The fourth-order valence-corrected chi connectivity index (χ4v) is 2.07. The molecule has 0 saturated carbocycles. The summed E-state index contributed by atoms with van der Waals surface area (Å²) >= 11 is 1.68. The van der Waals surface area contributed by atoms with Gasteiger partial charge in [-0.05, 0) is 25.0 Å². The van der Waals surface area contributed by atoms with Crippen LogP contribution >= 0.6 is 11.8 Å². The predicted octanol–water partition coefficient (Wildman–Crippen LogP) is 1.96. The SMILES string of the molecule is CC(CCO)Sc1ccc([C@@H](C)N)cn1. The van der Waals surface area contributed by atoms with E-state index >= 15 is 0 Å². The molecule has 0 aromatic carbocycles. The zero-order chi connectivity index (χ0) is 11.3. The molecule has 1 aromatic rings. The highest BCUT2D eigenvalue weighted by molar-refractivity contribution is 7.99. The maximum Gasteiger partial charge on any atom is 0.0962 e. The number of aliphatic hydroxyl groups excluding tert-OH is 1. The molecule has 0 radical (unpaired) electrons. The fourth-order valence-electron chi connectivity index (χ4n) is 1.18. The van der Waals surface area contributed by atoms with E-state index in [1.165, 1.54) is 0 Å². The van der Waals surface area contributed by atoms with Gasteiger partial charge in [0.1, 0.15) is 0 Å². The van der Waals surface area contributed by atoms with E-state index in [-0.39, 0.29) is 12.6 Å². The van der Waals surface area contributed by atoms with Gasteiger partial charge in [0.2, 0.25) is 0 Å². The summed E-state index contributed by atoms with van der Waals surface area (Å²) in [7, 11) is 0. The second-order valence-electron chi connectivity index (χ2n) is 3.66. The third-order valence-electron chi connectivity index (χ3n) is 2.14. The number of aliphatic hydroxyl groups is 1. The maximum absolute atomic E-state index is 8.78. The molecule has 15 heavy (non-hydrogen) atoms. The van der Waals surface area contributed by atoms with Gasteiger partial charge in [-0.15, -0.1) is 11.8 Å². The Balaban J connectivity index is 2.56. The molecule has 0 aliphatic carbocycles. The highest BCUT2D eigenvalue weighted by atomic mass is 32.2. The minimum atomic E-state index is 0.0337. The Bertz CT molecular complexity index is 287. The highest BCUT2D eigenvalue weighted by Crippen LogP contribution is 2.23. The normalized spacial score (nSPS) is 14.9. The summed E-state index contributed by atoms with van der Waals surface area (Å²) in [6.07, 6.45) is 2.61. The number of hydrogen-bond acceptors (Lipinski definition) is 4. The van der Waals surface area contributed by atoms with Gasteiger partial charge in [0.25, 0.3) is 0 Å². The number of thioether (sulfide) groups is 1. The maximum atomic E-state index is 8.78. The Morgan fingerprint density at radius 3 is 2.67 bits per heavy atom. The molecule has 1 rings (SSSR count). The first-order chi connectivity index (χ1) is 7.13. The van der Waals surface area contributed by atoms with Crippen molar-refractivity contribution in [3.8, 4) is 0 Å². The van der Waals surface area contributed by atoms with Crippen molar-refractivity contribution in [2.24, 2.45) is 5.73 Å². The van der Waals surface area contributed by atoms with E-state index in [9.17, 15) is 0 Å². The Kier molecular flexibility index (Phi) is 5.08. The van der Waals surface area contributed by atoms with Gasteiger partial charge >= 0.3 is 0 Å². The zero-order valence-electron chi connectivity index (χ0n) is 9.18. The summed E-state index contributed by atoms with van der Waals surface area (Å²) in [5.74, 6) is 0. The molecule has 0 aliphatic rings. The number of nitrogens with zero attached hydrogens (tertiary/aromatic N) is 1. The van der Waals surface area contributed by atoms with Gasteiger partial charge in [-0.3, -0.25) is 0 Å². The van der Waals surface area contributed by atoms with Crippen LogP contribution in [-0.4, -0.2) is 21.9 Å². The van der Waals surface area contributed by atoms with Crippen molar-refractivity contribution in [2.45, 2.75) is 36.6 Å². The molecule has 4 heteroatoms. The van der Waals surface area contributed by atoms with Crippen molar-refractivity contribution in [2.75, 3.05) is 6.61 Å². The van der Waals surface area contributed by atoms with Gasteiger partial charge in [0, 0.05) is 24.1 Å². The summed E-state index contributed by atoms with van der Waals surface area (Å²) in [4.78, 5) is 4.32. The van der Waals surface area contributed by atoms with Gasteiger partial charge < -0.3 is 10.8 Å². The summed E-state index contributed by atoms with van der Waals surface area (Å²) in [5.41, 5.74) is 6.78. The number of aromatic nitrogens is 1. The predicted molar refractivity (Wildman–Crippen MR) is 63.9 cm³/mol. The highest BCUT2D eigenvalue weighted by Gasteiger charge is 2.05. The van der Waals surface area contributed by atoms with Gasteiger partial charge in [-0.2, -0.15) is 0 Å². The summed E-state index contributed by atoms with van der Waals surface area (Å²) in [6.45, 7) is 4.26. The van der Waals surface area contributed by atoms with Crippen LogP contribution in [0.3, 0.4) is 0 Å². The largest absolute Gasteiger partial charge is 0.396 e. The van der Waals surface area contributed by atoms with Crippen molar-refractivity contribution >= 4 is 11.8 Å². The molecule has 0 spiro atoms. The lowest BCUT2D eigenvalue weighted by molar-refractivity contribution is 0.289. The van der Waals surface area contributed by atoms with E-state index in [0.717, 1.165) is 17.0 Å². The molecule has 84 valence electrons. The summed E-state index contributed by atoms with van der Waals surface area (Å²) < 4.78 is 0. The van der Waals surface area contributed by atoms with Crippen molar-refractivity contribution in [3.63, 3.8) is 0 Å². The van der Waals surface area contributed by atoms with Gasteiger partial charge in [0.05, 0.1) is 5.03 Å². The second kappa shape index (κ2) is 6.10. The number of rotatable bonds is 5. The lowest BCUT2D eigenvalue weighted by Crippen LogP contribution is -2.05. The standard InChI is InChI=1S/C11H18N2OS/c1-8(5-6-14)15-11-4-3-10(7-13-11)9(2)12/h3-4,7-9,14H,5-6,12H2,1-2H3/t8?,9-/m1/s1. The first-order valence-corrected chi connectivity index (χ1v) is 6.00. The summed E-state index contributed by atoms with van der Waals surface area (Å²) in [6, 6.07) is 4.02. The van der Waals surface area contributed by atoms with Crippen LogP contribution < -0.4 is 5.73 Å². The molecular formula is C11H18N2OS. The molecule has 1 heterocycles. The third kappa shape index (κ3) is 4.20. The number of nitrogens with two attached hydrogens (primary N) is 1. The Hall–Kier alpha value is -0.580. The molecule has 3 nitrogen and oxygen atoms in total. The molecule has 0 aliphatic heterocycles. The van der Waals surface area contributed by atoms with Crippen molar-refractivity contribution in [1.82, 2.24) is 4.98 Å². The number of pyridine rings is 1. The van der Waals surface area contributed by atoms with Crippen LogP contribution in [-0.2, 0) is 0 Å². The van der Waals surface area contributed by atoms with E-state index in [1.807, 2.05) is 25.3 Å². The quantitative estimate of drug-likeness (QED) is 0.754. The molecule has 0 amide bonds. The van der Waals surface area contributed by atoms with E-state index in [0.29, 0.717) is 5.25 Å². The second-order valence-corrected chi connectivity index (χ2v) is 5.12. The number of hydrogen-bond donors (Lipinski definition) is 2. The Morgan fingerprint density at radius 1 is 1.47 bits per heavy atom. The van der Waals surface area contributed by atoms with Crippen molar-refractivity contribution in [3.05, 3.63) is 23.9 Å². The van der Waals surface area contributed by atoms with E-state index in [4.69, 9.17) is 10.8 Å². The van der Waals surface area contributed by atoms with Crippen molar-refractivity contribution < 1.29 is 5.11 Å². The zero-order valence-corrected chi connectivity index (χ0v) is 10.00. The molecule has 1 unspecified atom stereocenters. The van der Waals surface area contributed by atoms with Gasteiger partial charge in [-0.1, -0.05) is 13.0 Å². The molecule has 0 fully saturated rings. The fraction of sp³-hybridized carbons (Fsp3) is 0.545. The first-order valence-electron chi connectivity index (χ1n) is 5.12. The Labute approximate surface area is 95.1 Å². The van der Waals surface area contributed by atoms with Crippen LogP contribution in [0, 0.1) is 0 Å². The van der Waals surface area contributed by atoms with E-state index < -0.39 is 0 Å². The van der Waals surface area contributed by atoms with Crippen LogP contribution in [0.4, 0.5) is 0 Å². The topological polar surface area (TPSA) is 59.1 Å². The third-order valence-corrected chi connectivity index (χ3v) is 3.26. The van der Waals surface area contributed by atoms with Gasteiger partial charge in [-0.25, -0.2) is 4.98 Å². The van der Waals surface area contributed by atoms with E-state index in [1.54, 1.807) is 11.8 Å². The monoisotopic (exact) mass is 226 g/mol. The molecule has 0 bridgehead atoms. The van der Waals surface area contributed by atoms with Crippen LogP contribution in [0.1, 0.15) is 31.9 Å². The van der Waals surface area contributed by atoms with Crippen LogP contribution in [0.15, 0.2) is 23.4 Å². The van der Waals surface area contributed by atoms with E-state index in [2.05, 4.69) is 11.9 Å². The minimum Gasteiger partial charge on any atom is -0.396 e. The average Bonchev–Trinajstić information content (AvgIpc) is 2.18. The minimum absolute atomic E-state index is 0.0337. The van der Waals surface area contributed by atoms with Crippen LogP contribution in [0.5, 0.6) is 0 Å². The summed E-state index contributed by atoms with van der Waals surface area (Å²) in [5, 5.41) is 10.2. The molecule has 2 atom stereocenters. The van der Waals surface area contributed by atoms with Crippen LogP contribution in [0.25, 0.3) is 0 Å². The lowest BCUT2D eigenvalue weighted by Gasteiger charge is -2.09.